The zero-order valence-corrected chi connectivity index (χ0v) is 17.7. The Morgan fingerprint density at radius 2 is 1.86 bits per heavy atom. The molecule has 2 amide bonds. The van der Waals surface area contributed by atoms with E-state index in [1.54, 1.807) is 13.0 Å². The second-order valence-corrected chi connectivity index (χ2v) is 7.64. The molecule has 8 nitrogen and oxygen atoms in total. The quantitative estimate of drug-likeness (QED) is 0.601. The van der Waals surface area contributed by atoms with E-state index in [0.717, 1.165) is 22.9 Å². The van der Waals surface area contributed by atoms with Gasteiger partial charge in [0.2, 0.25) is 5.91 Å². The van der Waals surface area contributed by atoms with Crippen molar-refractivity contribution in [3.63, 3.8) is 0 Å². The molecular formula is C20H25N3O5S. The summed E-state index contributed by atoms with van der Waals surface area (Å²) in [5, 5.41) is 9.00. The number of nitrogens with zero attached hydrogens (tertiary/aromatic N) is 1. The summed E-state index contributed by atoms with van der Waals surface area (Å²) >= 11 is 1.08. The molecule has 0 saturated heterocycles. The number of carbonyl (C=O) groups is 3. The minimum atomic E-state index is -0.561. The monoisotopic (exact) mass is 419 g/mol. The molecule has 0 radical (unpaired) electrons. The summed E-state index contributed by atoms with van der Waals surface area (Å²) in [6.45, 7) is 7.26. The van der Waals surface area contributed by atoms with Gasteiger partial charge in [-0.25, -0.2) is 0 Å². The van der Waals surface area contributed by atoms with Crippen LogP contribution in [-0.4, -0.2) is 41.1 Å². The fraction of sp³-hybridized carbons (Fsp3) is 0.400. The predicted molar refractivity (Wildman–Crippen MR) is 111 cm³/mol. The van der Waals surface area contributed by atoms with Crippen molar-refractivity contribution in [3.05, 3.63) is 46.7 Å². The van der Waals surface area contributed by atoms with Gasteiger partial charge in [-0.1, -0.05) is 23.4 Å². The van der Waals surface area contributed by atoms with E-state index in [2.05, 4.69) is 15.8 Å². The number of benzene rings is 1. The number of thioether (sulfide) groups is 1. The lowest BCUT2D eigenvalue weighted by Gasteiger charge is -2.15. The van der Waals surface area contributed by atoms with Gasteiger partial charge in [-0.2, -0.15) is 0 Å². The average Bonchev–Trinajstić information content (AvgIpc) is 3.06. The van der Waals surface area contributed by atoms with Gasteiger partial charge in [0.1, 0.15) is 5.76 Å². The molecule has 156 valence electrons. The van der Waals surface area contributed by atoms with Gasteiger partial charge in [0.25, 0.3) is 5.91 Å². The van der Waals surface area contributed by atoms with Crippen LogP contribution in [0.25, 0.3) is 0 Å². The summed E-state index contributed by atoms with van der Waals surface area (Å²) in [4.78, 5) is 35.5. The molecule has 1 atom stereocenters. The lowest BCUT2D eigenvalue weighted by Crippen LogP contribution is -2.31. The summed E-state index contributed by atoms with van der Waals surface area (Å²) < 4.78 is 9.80. The van der Waals surface area contributed by atoms with E-state index in [0.29, 0.717) is 11.6 Å². The molecule has 1 aromatic carbocycles. The van der Waals surface area contributed by atoms with Crippen LogP contribution < -0.4 is 10.6 Å². The van der Waals surface area contributed by atoms with Crippen LogP contribution in [0.4, 0.5) is 5.82 Å². The van der Waals surface area contributed by atoms with Crippen LogP contribution >= 0.6 is 11.8 Å². The van der Waals surface area contributed by atoms with Crippen LogP contribution in [0.15, 0.2) is 28.8 Å². The maximum absolute atomic E-state index is 12.0. The fourth-order valence-electron chi connectivity index (χ4n) is 2.42. The van der Waals surface area contributed by atoms with Crippen LogP contribution in [0.1, 0.15) is 35.4 Å². The molecule has 0 unspecified atom stereocenters. The number of nitrogens with one attached hydrogen (secondary N) is 2. The largest absolute Gasteiger partial charge is 0.455 e. The topological polar surface area (TPSA) is 111 Å². The third-order valence-corrected chi connectivity index (χ3v) is 5.03. The van der Waals surface area contributed by atoms with Gasteiger partial charge in [-0.05, 0) is 44.4 Å². The van der Waals surface area contributed by atoms with Gasteiger partial charge in [0.15, 0.2) is 12.4 Å². The highest BCUT2D eigenvalue weighted by molar-refractivity contribution is 8.00. The molecule has 1 aromatic heterocycles. The number of aromatic nitrogens is 1. The Morgan fingerprint density at radius 3 is 2.52 bits per heavy atom. The van der Waals surface area contributed by atoms with Crippen molar-refractivity contribution in [1.82, 2.24) is 10.5 Å². The fourth-order valence-corrected chi connectivity index (χ4v) is 3.03. The molecule has 0 aliphatic heterocycles. The van der Waals surface area contributed by atoms with Crippen molar-refractivity contribution >= 4 is 35.4 Å². The SMILES string of the molecule is Cc1cc(NC(=O)CSCC(=O)OCC(=O)N[C@@H](C)c2ccc(C)c(C)c2)no1. The van der Waals surface area contributed by atoms with Crippen molar-refractivity contribution < 1.29 is 23.6 Å². The van der Waals surface area contributed by atoms with E-state index in [1.165, 1.54) is 5.56 Å². The smallest absolute Gasteiger partial charge is 0.316 e. The van der Waals surface area contributed by atoms with E-state index < -0.39 is 5.97 Å². The maximum atomic E-state index is 12.0. The second-order valence-electron chi connectivity index (χ2n) is 6.66. The highest BCUT2D eigenvalue weighted by Gasteiger charge is 2.13. The van der Waals surface area contributed by atoms with E-state index >= 15 is 0 Å². The molecule has 0 spiro atoms. The van der Waals surface area contributed by atoms with Crippen molar-refractivity contribution in [1.29, 1.82) is 0 Å². The summed E-state index contributed by atoms with van der Waals surface area (Å²) in [5.74, 6) is -0.326. The predicted octanol–water partition coefficient (Wildman–Crippen LogP) is 2.69. The number of carbonyl (C=O) groups excluding carboxylic acids is 3. The molecule has 0 saturated carbocycles. The number of rotatable bonds is 9. The van der Waals surface area contributed by atoms with Gasteiger partial charge in [-0.3, -0.25) is 14.4 Å². The standard InChI is InChI=1S/C20H25N3O5S/c1-12-5-6-16(7-13(12)2)15(4)21-18(24)9-27-20(26)11-29-10-19(25)22-17-8-14(3)28-23-17/h5-8,15H,9-11H2,1-4H3,(H,21,24)(H,22,23,25)/t15-/m0/s1. The molecule has 0 fully saturated rings. The Bertz CT molecular complexity index is 881. The average molecular weight is 420 g/mol. The number of hydrogen-bond donors (Lipinski definition) is 2. The minimum absolute atomic E-state index is 0.0365. The number of aryl methyl sites for hydroxylation is 3. The molecule has 0 aliphatic rings. The van der Waals surface area contributed by atoms with Crippen LogP contribution in [-0.2, 0) is 19.1 Å². The van der Waals surface area contributed by atoms with Gasteiger partial charge in [0.05, 0.1) is 17.5 Å². The summed E-state index contributed by atoms with van der Waals surface area (Å²) in [7, 11) is 0. The molecule has 1 heterocycles. The number of anilines is 1. The summed E-state index contributed by atoms with van der Waals surface area (Å²) in [5.41, 5.74) is 3.31. The Balaban J connectivity index is 1.64. The maximum Gasteiger partial charge on any atom is 0.316 e. The third-order valence-electron chi connectivity index (χ3n) is 4.12. The first kappa shape index (κ1) is 22.5. The molecule has 2 rings (SSSR count). The molecule has 0 bridgehead atoms. The zero-order chi connectivity index (χ0) is 21.4. The second kappa shape index (κ2) is 10.7. The lowest BCUT2D eigenvalue weighted by atomic mass is 10.0. The van der Waals surface area contributed by atoms with Crippen LogP contribution in [0.2, 0.25) is 0 Å². The summed E-state index contributed by atoms with van der Waals surface area (Å²) in [6.07, 6.45) is 0. The Labute approximate surface area is 173 Å². The molecule has 29 heavy (non-hydrogen) atoms. The van der Waals surface area contributed by atoms with Gasteiger partial charge < -0.3 is 19.9 Å². The van der Waals surface area contributed by atoms with Crippen LogP contribution in [0, 0.1) is 20.8 Å². The highest BCUT2D eigenvalue weighted by atomic mass is 32.2. The first-order valence-corrected chi connectivity index (χ1v) is 10.2. The van der Waals surface area contributed by atoms with Crippen LogP contribution in [0.5, 0.6) is 0 Å². The molecule has 2 aromatic rings. The first-order chi connectivity index (χ1) is 13.7. The first-order valence-electron chi connectivity index (χ1n) is 9.07. The van der Waals surface area contributed by atoms with E-state index in [9.17, 15) is 14.4 Å². The zero-order valence-electron chi connectivity index (χ0n) is 16.9. The van der Waals surface area contributed by atoms with Crippen molar-refractivity contribution in [2.75, 3.05) is 23.4 Å². The van der Waals surface area contributed by atoms with Gasteiger partial charge in [-0.15, -0.1) is 11.8 Å². The normalized spacial score (nSPS) is 11.6. The number of ether oxygens (including phenoxy) is 1. The molecule has 2 N–H and O–H groups in total. The Hall–Kier alpha value is -2.81. The van der Waals surface area contributed by atoms with Crippen LogP contribution in [0.3, 0.4) is 0 Å². The number of esters is 1. The minimum Gasteiger partial charge on any atom is -0.455 e. The number of hydrogen-bond acceptors (Lipinski definition) is 7. The van der Waals surface area contributed by atoms with E-state index in [1.807, 2.05) is 39.0 Å². The van der Waals surface area contributed by atoms with Gasteiger partial charge in [0, 0.05) is 6.07 Å². The van der Waals surface area contributed by atoms with Crippen molar-refractivity contribution in [3.8, 4) is 0 Å². The third kappa shape index (κ3) is 7.61. The Kier molecular flexibility index (Phi) is 8.26. The lowest BCUT2D eigenvalue weighted by molar-refractivity contribution is -0.146. The summed E-state index contributed by atoms with van der Waals surface area (Å²) in [6, 6.07) is 7.38. The van der Waals surface area contributed by atoms with Gasteiger partial charge >= 0.3 is 5.97 Å². The van der Waals surface area contributed by atoms with E-state index in [4.69, 9.17) is 9.26 Å². The molecule has 9 heteroatoms. The molecular weight excluding hydrogens is 394 g/mol. The van der Waals surface area contributed by atoms with Crippen molar-refractivity contribution in [2.24, 2.45) is 0 Å². The number of amides is 2. The highest BCUT2D eigenvalue weighted by Crippen LogP contribution is 2.16. The molecule has 0 aliphatic carbocycles. The van der Waals surface area contributed by atoms with Crippen molar-refractivity contribution in [2.45, 2.75) is 33.7 Å². The van der Waals surface area contributed by atoms with E-state index in [-0.39, 0.29) is 36.0 Å². The Morgan fingerprint density at radius 1 is 1.10 bits per heavy atom.